The first-order valence-electron chi connectivity index (χ1n) is 15.8. The predicted molar refractivity (Wildman–Crippen MR) is 179 cm³/mol. The highest BCUT2D eigenvalue weighted by Gasteiger charge is 2.50. The molecule has 6 rings (SSSR count). The lowest BCUT2D eigenvalue weighted by Gasteiger charge is -2.35. The van der Waals surface area contributed by atoms with Crippen LogP contribution in [0.3, 0.4) is 0 Å². The second kappa shape index (κ2) is 13.7. The molecule has 5 heterocycles. The minimum Gasteiger partial charge on any atom is -0.480 e. The summed E-state index contributed by atoms with van der Waals surface area (Å²) in [5.41, 5.74) is 7.75. The van der Waals surface area contributed by atoms with E-state index in [4.69, 9.17) is 20.2 Å². The predicted octanol–water partition coefficient (Wildman–Crippen LogP) is 3.03. The van der Waals surface area contributed by atoms with Crippen LogP contribution in [0.25, 0.3) is 22.3 Å². The van der Waals surface area contributed by atoms with Gasteiger partial charge in [-0.25, -0.2) is 19.6 Å². The molecular formula is C33H37ClN6O8. The second-order valence-corrected chi connectivity index (χ2v) is 11.8. The van der Waals surface area contributed by atoms with E-state index >= 15 is 0 Å². The highest BCUT2D eigenvalue weighted by Crippen LogP contribution is 2.47. The number of esters is 2. The molecule has 4 N–H and O–H groups in total. The Hall–Kier alpha value is -4.82. The Kier molecular flexibility index (Phi) is 9.87. The van der Waals surface area contributed by atoms with Gasteiger partial charge in [-0.15, -0.1) is 12.4 Å². The largest absolute Gasteiger partial charge is 0.480 e. The highest BCUT2D eigenvalue weighted by molar-refractivity contribution is 6.11. The number of aliphatic carboxylic acids is 1. The number of carboxylic acid groups (broad SMARTS) is 1. The molecule has 0 radical (unpaired) electrons. The zero-order valence-corrected chi connectivity index (χ0v) is 27.4. The van der Waals surface area contributed by atoms with Gasteiger partial charge in [-0.1, -0.05) is 32.8 Å². The van der Waals surface area contributed by atoms with Gasteiger partial charge in [-0.05, 0) is 37.5 Å². The molecule has 3 aromatic rings. The number of benzene rings is 1. The van der Waals surface area contributed by atoms with Gasteiger partial charge >= 0.3 is 17.9 Å². The summed E-state index contributed by atoms with van der Waals surface area (Å²) in [5, 5.41) is 12.6. The number of unbranched alkanes of at least 4 members (excludes halogenated alkanes) is 2. The molecule has 0 aliphatic carbocycles. The molecule has 1 aromatic carbocycles. The quantitative estimate of drug-likeness (QED) is 0.147. The molecule has 0 fully saturated rings. The average Bonchev–Trinajstić information content (AvgIpc) is 3.43. The number of fused-ring (bicyclic) bond motifs is 5. The fourth-order valence-corrected chi connectivity index (χ4v) is 6.58. The molecule has 2 aromatic heterocycles. The van der Waals surface area contributed by atoms with Crippen molar-refractivity contribution >= 4 is 64.8 Å². The Morgan fingerprint density at radius 2 is 1.98 bits per heavy atom. The van der Waals surface area contributed by atoms with Crippen molar-refractivity contribution in [3.63, 3.8) is 0 Å². The zero-order chi connectivity index (χ0) is 33.5. The van der Waals surface area contributed by atoms with E-state index < -0.39 is 48.4 Å². The minimum atomic E-state index is -1.95. The van der Waals surface area contributed by atoms with Gasteiger partial charge in [0.25, 0.3) is 5.56 Å². The van der Waals surface area contributed by atoms with Crippen molar-refractivity contribution in [1.82, 2.24) is 14.9 Å². The van der Waals surface area contributed by atoms with Crippen molar-refractivity contribution in [3.05, 3.63) is 51.3 Å². The fraction of sp³-hybridized carbons (Fsp3) is 0.424. The number of carbonyl (C=O) groups is 4. The molecule has 15 heteroatoms. The van der Waals surface area contributed by atoms with Crippen molar-refractivity contribution in [2.24, 2.45) is 10.7 Å². The number of hydrogen-bond donors (Lipinski definition) is 3. The van der Waals surface area contributed by atoms with Gasteiger partial charge in [-0.2, -0.15) is 0 Å². The van der Waals surface area contributed by atoms with Gasteiger partial charge in [0.2, 0.25) is 11.5 Å². The molecule has 254 valence electrons. The number of carboxylic acids is 1. The summed E-state index contributed by atoms with van der Waals surface area (Å²) in [7, 11) is 0. The third kappa shape index (κ3) is 5.79. The number of pyridine rings is 2. The molecule has 1 amide bonds. The maximum Gasteiger partial charge on any atom is 0.355 e. The number of aliphatic imine (C=N–C) groups is 1. The van der Waals surface area contributed by atoms with Crippen molar-refractivity contribution in [3.8, 4) is 11.4 Å². The number of ether oxygens (including phenoxy) is 2. The minimum absolute atomic E-state index is 0. The number of halogens is 1. The summed E-state index contributed by atoms with van der Waals surface area (Å²) in [6.45, 7) is 4.06. The Balaban J connectivity index is 0.00000451. The normalized spacial score (nSPS) is 17.5. The molecular weight excluding hydrogens is 644 g/mol. The van der Waals surface area contributed by atoms with Gasteiger partial charge in [0, 0.05) is 24.1 Å². The van der Waals surface area contributed by atoms with E-state index in [1.165, 1.54) is 0 Å². The molecule has 3 aliphatic heterocycles. The van der Waals surface area contributed by atoms with E-state index in [-0.39, 0.29) is 55.1 Å². The SMILES string of the molecule is CCCCCN1C=Nc2cccc3nc4c(c1c23)Cn1c-4cc2c(c1=O)COC(=O)[C@@]2(CC)OC(=O)CC[C@@H](NC(=O)CN)C(=O)O.Cl. The Morgan fingerprint density at radius 3 is 2.69 bits per heavy atom. The van der Waals surface area contributed by atoms with E-state index in [0.29, 0.717) is 11.4 Å². The number of rotatable bonds is 12. The molecule has 3 aliphatic rings. The monoisotopic (exact) mass is 680 g/mol. The summed E-state index contributed by atoms with van der Waals surface area (Å²) < 4.78 is 12.8. The van der Waals surface area contributed by atoms with Gasteiger partial charge in [0.1, 0.15) is 12.6 Å². The molecule has 0 bridgehead atoms. The standard InChI is InChI=1S/C33H36N6O8.ClH/c1-3-5-6-12-38-17-35-21-8-7-9-22-27(21)29(38)18-15-39-24(28(18)37-22)13-20-19(30(39)42)16-46-32(45)33(20,4-2)47-26(41)11-10-23(31(43)44)36-25(40)14-34;/h7-9,13,17,23H,3-6,10-12,14-16,34H2,1-2H3,(H,36,40)(H,43,44);1H/t23-,33+;/m1./s1. The topological polar surface area (TPSA) is 196 Å². The molecule has 0 saturated carbocycles. The Morgan fingerprint density at radius 1 is 1.19 bits per heavy atom. The summed E-state index contributed by atoms with van der Waals surface area (Å²) in [5.74, 6) is -3.78. The van der Waals surface area contributed by atoms with Crippen molar-refractivity contribution < 1.29 is 33.8 Å². The van der Waals surface area contributed by atoms with Crippen LogP contribution in [-0.2, 0) is 47.4 Å². The van der Waals surface area contributed by atoms with Crippen LogP contribution in [0, 0.1) is 0 Å². The number of carbonyl (C=O) groups excluding carboxylic acids is 3. The van der Waals surface area contributed by atoms with E-state index in [0.717, 1.165) is 53.6 Å². The maximum atomic E-state index is 14.1. The van der Waals surface area contributed by atoms with Crippen LogP contribution in [0.4, 0.5) is 11.4 Å². The lowest BCUT2D eigenvalue weighted by Crippen LogP contribution is -2.48. The van der Waals surface area contributed by atoms with Crippen molar-refractivity contribution in [2.75, 3.05) is 18.0 Å². The van der Waals surface area contributed by atoms with E-state index in [1.807, 2.05) is 24.5 Å². The van der Waals surface area contributed by atoms with E-state index in [9.17, 15) is 29.1 Å². The first kappa shape index (κ1) is 34.5. The van der Waals surface area contributed by atoms with Crippen molar-refractivity contribution in [1.29, 1.82) is 0 Å². The lowest BCUT2D eigenvalue weighted by atomic mass is 9.85. The van der Waals surface area contributed by atoms with Gasteiger partial charge in [0.15, 0.2) is 0 Å². The number of nitrogens with one attached hydrogen (secondary N) is 1. The molecule has 0 saturated heterocycles. The van der Waals surface area contributed by atoms with Crippen LogP contribution in [0.5, 0.6) is 0 Å². The number of amides is 1. The Labute approximate surface area is 281 Å². The fourth-order valence-electron chi connectivity index (χ4n) is 6.58. The molecule has 0 spiro atoms. The number of cyclic esters (lactones) is 1. The average molecular weight is 681 g/mol. The van der Waals surface area contributed by atoms with Crippen LogP contribution in [-0.4, -0.2) is 63.9 Å². The summed E-state index contributed by atoms with van der Waals surface area (Å²) in [6, 6.07) is 6.02. The highest BCUT2D eigenvalue weighted by atomic mass is 35.5. The summed E-state index contributed by atoms with van der Waals surface area (Å²) in [6.07, 6.45) is 4.12. The van der Waals surface area contributed by atoms with Crippen LogP contribution in [0.2, 0.25) is 0 Å². The van der Waals surface area contributed by atoms with E-state index in [1.54, 1.807) is 17.6 Å². The van der Waals surface area contributed by atoms with Crippen LogP contribution >= 0.6 is 12.4 Å². The first-order valence-corrected chi connectivity index (χ1v) is 15.8. The number of nitrogens with two attached hydrogens (primary N) is 1. The number of anilines is 1. The number of nitrogens with zero attached hydrogens (tertiary/aromatic N) is 4. The summed E-state index contributed by atoms with van der Waals surface area (Å²) >= 11 is 0. The van der Waals surface area contributed by atoms with E-state index in [2.05, 4.69) is 22.1 Å². The van der Waals surface area contributed by atoms with Crippen LogP contribution in [0.15, 0.2) is 34.1 Å². The maximum absolute atomic E-state index is 14.1. The zero-order valence-electron chi connectivity index (χ0n) is 26.6. The van der Waals surface area contributed by atoms with Gasteiger partial charge in [-0.3, -0.25) is 14.4 Å². The van der Waals surface area contributed by atoms with Crippen LogP contribution < -0.4 is 21.5 Å². The molecule has 48 heavy (non-hydrogen) atoms. The number of aromatic nitrogens is 2. The molecule has 14 nitrogen and oxygen atoms in total. The third-order valence-electron chi connectivity index (χ3n) is 9.00. The first-order chi connectivity index (χ1) is 22.6. The lowest BCUT2D eigenvalue weighted by molar-refractivity contribution is -0.189. The second-order valence-electron chi connectivity index (χ2n) is 11.8. The third-order valence-corrected chi connectivity index (χ3v) is 9.00. The Bertz CT molecular complexity index is 1910. The van der Waals surface area contributed by atoms with Crippen molar-refractivity contribution in [2.45, 2.75) is 77.2 Å². The molecule has 0 unspecified atom stereocenters. The smallest absolute Gasteiger partial charge is 0.355 e. The van der Waals surface area contributed by atoms with Gasteiger partial charge < -0.3 is 35.1 Å². The number of hydrogen-bond acceptors (Lipinski definition) is 11. The molecule has 2 atom stereocenters. The van der Waals surface area contributed by atoms with Gasteiger partial charge in [0.05, 0.1) is 58.7 Å². The summed E-state index contributed by atoms with van der Waals surface area (Å²) in [4.78, 5) is 75.8. The van der Waals surface area contributed by atoms with Crippen LogP contribution in [0.1, 0.15) is 69.1 Å².